The molecule has 1 aliphatic rings. The van der Waals surface area contributed by atoms with Crippen LogP contribution in [0.4, 0.5) is 11.4 Å². The van der Waals surface area contributed by atoms with E-state index in [1.165, 1.54) is 77.3 Å². The normalized spacial score (nSPS) is 13.8. The number of para-hydroxylation sites is 1. The van der Waals surface area contributed by atoms with Crippen LogP contribution in [0.2, 0.25) is 0 Å². The smallest absolute Gasteiger partial charge is 0.0539 e. The standard InChI is InChI=1S/C56H41N/c1-4-15-41(16-5-1)51-37-32-46(39-55(51)43-19-8-3-9-20-43)40-27-33-47(34-28-40)57(56-26-13-12-23-52(56)42-17-6-2-7-18-42)48-35-29-45(30-36-48)50-24-14-25-53-49-22-11-10-21-44(49)31-38-54(50)53/h1-29,31-39,45H,30H2. The number of fused-ring (bicyclic) bond motifs is 3. The lowest BCUT2D eigenvalue weighted by atomic mass is 9.86. The van der Waals surface area contributed by atoms with Gasteiger partial charge in [0.25, 0.3) is 0 Å². The summed E-state index contributed by atoms with van der Waals surface area (Å²) < 4.78 is 0. The second kappa shape index (κ2) is 15.1. The summed E-state index contributed by atoms with van der Waals surface area (Å²) in [7, 11) is 0. The molecule has 0 fully saturated rings. The van der Waals surface area contributed by atoms with Gasteiger partial charge in [-0.2, -0.15) is 0 Å². The SMILES string of the molecule is C1=CC(c2cccc3c2ccc2ccccc23)CC=C1N(c1ccc(-c2ccc(-c3ccccc3)c(-c3ccccc3)c2)cc1)c1ccccc1-c1ccccc1. The molecule has 1 atom stereocenters. The number of hydrogen-bond acceptors (Lipinski definition) is 1. The summed E-state index contributed by atoms with van der Waals surface area (Å²) in [6, 6.07) is 77.0. The molecule has 1 nitrogen and oxygen atoms in total. The summed E-state index contributed by atoms with van der Waals surface area (Å²) in [5, 5.41) is 5.24. The number of benzene rings is 9. The summed E-state index contributed by atoms with van der Waals surface area (Å²) >= 11 is 0. The number of rotatable bonds is 8. The molecule has 0 bridgehead atoms. The van der Waals surface area contributed by atoms with Crippen molar-refractivity contribution in [3.05, 3.63) is 242 Å². The quantitative estimate of drug-likeness (QED) is 0.141. The Balaban J connectivity index is 1.03. The van der Waals surface area contributed by atoms with Gasteiger partial charge < -0.3 is 4.90 Å². The van der Waals surface area contributed by atoms with E-state index in [9.17, 15) is 0 Å². The second-order valence-corrected chi connectivity index (χ2v) is 14.8. The molecule has 0 N–H and O–H groups in total. The van der Waals surface area contributed by atoms with Crippen LogP contribution in [0.15, 0.2) is 236 Å². The van der Waals surface area contributed by atoms with Crippen LogP contribution in [0.1, 0.15) is 17.9 Å². The van der Waals surface area contributed by atoms with Crippen molar-refractivity contribution in [2.45, 2.75) is 12.3 Å². The minimum Gasteiger partial charge on any atom is -0.310 e. The zero-order valence-electron chi connectivity index (χ0n) is 31.7. The first-order valence-electron chi connectivity index (χ1n) is 19.9. The average Bonchev–Trinajstić information content (AvgIpc) is 3.30. The third-order valence-corrected chi connectivity index (χ3v) is 11.4. The highest BCUT2D eigenvalue weighted by atomic mass is 15.1. The maximum absolute atomic E-state index is 2.43. The van der Waals surface area contributed by atoms with Crippen molar-refractivity contribution in [2.75, 3.05) is 4.90 Å². The fraction of sp³-hybridized carbons (Fsp3) is 0.0357. The third-order valence-electron chi connectivity index (χ3n) is 11.4. The van der Waals surface area contributed by atoms with Crippen molar-refractivity contribution < 1.29 is 0 Å². The van der Waals surface area contributed by atoms with Crippen molar-refractivity contribution in [3.8, 4) is 44.5 Å². The predicted molar refractivity (Wildman–Crippen MR) is 243 cm³/mol. The van der Waals surface area contributed by atoms with Gasteiger partial charge in [0.2, 0.25) is 0 Å². The van der Waals surface area contributed by atoms with Gasteiger partial charge >= 0.3 is 0 Å². The molecule has 10 rings (SSSR count). The number of anilines is 2. The summed E-state index contributed by atoms with van der Waals surface area (Å²) in [4.78, 5) is 2.43. The minimum absolute atomic E-state index is 0.282. The highest BCUT2D eigenvalue weighted by Gasteiger charge is 2.22. The van der Waals surface area contributed by atoms with Crippen LogP contribution < -0.4 is 4.90 Å². The number of nitrogens with zero attached hydrogens (tertiary/aromatic N) is 1. The van der Waals surface area contributed by atoms with Gasteiger partial charge in [0.1, 0.15) is 0 Å². The maximum Gasteiger partial charge on any atom is 0.0539 e. The molecule has 0 spiro atoms. The van der Waals surface area contributed by atoms with Crippen molar-refractivity contribution in [2.24, 2.45) is 0 Å². The first kappa shape index (κ1) is 34.3. The van der Waals surface area contributed by atoms with Gasteiger partial charge in [0.05, 0.1) is 5.69 Å². The van der Waals surface area contributed by atoms with Crippen LogP contribution in [-0.4, -0.2) is 0 Å². The zero-order valence-corrected chi connectivity index (χ0v) is 31.7. The first-order chi connectivity index (χ1) is 28.3. The Morgan fingerprint density at radius 2 is 1.00 bits per heavy atom. The molecule has 1 unspecified atom stereocenters. The Kier molecular flexibility index (Phi) is 9.10. The van der Waals surface area contributed by atoms with E-state index in [2.05, 4.69) is 235 Å². The van der Waals surface area contributed by atoms with Crippen molar-refractivity contribution in [3.63, 3.8) is 0 Å². The molecule has 1 aliphatic carbocycles. The maximum atomic E-state index is 2.43. The van der Waals surface area contributed by atoms with Gasteiger partial charge in [-0.1, -0.05) is 200 Å². The number of allylic oxidation sites excluding steroid dienone is 3. The lowest BCUT2D eigenvalue weighted by Crippen LogP contribution is -2.18. The molecule has 0 saturated heterocycles. The van der Waals surface area contributed by atoms with E-state index in [0.29, 0.717) is 0 Å². The third kappa shape index (κ3) is 6.64. The lowest BCUT2D eigenvalue weighted by Gasteiger charge is -2.31. The Morgan fingerprint density at radius 3 is 1.72 bits per heavy atom. The molecule has 9 aromatic carbocycles. The van der Waals surface area contributed by atoms with E-state index in [-0.39, 0.29) is 5.92 Å². The average molecular weight is 728 g/mol. The molecule has 270 valence electrons. The van der Waals surface area contributed by atoms with Crippen molar-refractivity contribution in [1.29, 1.82) is 0 Å². The van der Waals surface area contributed by atoms with E-state index in [1.807, 2.05) is 0 Å². The van der Waals surface area contributed by atoms with Gasteiger partial charge in [-0.3, -0.25) is 0 Å². The van der Waals surface area contributed by atoms with E-state index in [1.54, 1.807) is 0 Å². The van der Waals surface area contributed by atoms with Crippen LogP contribution in [0, 0.1) is 0 Å². The first-order valence-corrected chi connectivity index (χ1v) is 19.9. The van der Waals surface area contributed by atoms with E-state index < -0.39 is 0 Å². The molecule has 0 aliphatic heterocycles. The van der Waals surface area contributed by atoms with Crippen LogP contribution >= 0.6 is 0 Å². The Bertz CT molecular complexity index is 2910. The van der Waals surface area contributed by atoms with Crippen molar-refractivity contribution in [1.82, 2.24) is 0 Å². The van der Waals surface area contributed by atoms with Gasteiger partial charge in [-0.05, 0) is 103 Å². The Labute approximate surface area is 335 Å². The van der Waals surface area contributed by atoms with Gasteiger partial charge in [0.15, 0.2) is 0 Å². The summed E-state index contributed by atoms with van der Waals surface area (Å²) in [6.07, 6.45) is 8.08. The monoisotopic (exact) mass is 727 g/mol. The molecule has 0 heterocycles. The van der Waals surface area contributed by atoms with E-state index in [0.717, 1.165) is 17.8 Å². The molecule has 0 aromatic heterocycles. The molecule has 0 radical (unpaired) electrons. The predicted octanol–water partition coefficient (Wildman–Crippen LogP) is 15.4. The molecular weight excluding hydrogens is 687 g/mol. The van der Waals surface area contributed by atoms with E-state index >= 15 is 0 Å². The topological polar surface area (TPSA) is 3.24 Å². The summed E-state index contributed by atoms with van der Waals surface area (Å²) in [6.45, 7) is 0. The highest BCUT2D eigenvalue weighted by molar-refractivity contribution is 6.08. The lowest BCUT2D eigenvalue weighted by molar-refractivity contribution is 0.847. The fourth-order valence-corrected chi connectivity index (χ4v) is 8.60. The molecule has 0 saturated carbocycles. The Hall–Kier alpha value is -7.22. The molecule has 0 amide bonds. The molecule has 1 heteroatoms. The van der Waals surface area contributed by atoms with Crippen LogP contribution in [0.25, 0.3) is 66.1 Å². The Morgan fingerprint density at radius 1 is 0.386 bits per heavy atom. The van der Waals surface area contributed by atoms with Crippen LogP contribution in [-0.2, 0) is 0 Å². The van der Waals surface area contributed by atoms with Gasteiger partial charge in [-0.25, -0.2) is 0 Å². The highest BCUT2D eigenvalue weighted by Crippen LogP contribution is 2.43. The largest absolute Gasteiger partial charge is 0.310 e. The van der Waals surface area contributed by atoms with Crippen molar-refractivity contribution >= 4 is 32.9 Å². The zero-order chi connectivity index (χ0) is 38.0. The van der Waals surface area contributed by atoms with E-state index in [4.69, 9.17) is 0 Å². The second-order valence-electron chi connectivity index (χ2n) is 14.8. The summed E-state index contributed by atoms with van der Waals surface area (Å²) in [5.74, 6) is 0.282. The fourth-order valence-electron chi connectivity index (χ4n) is 8.60. The minimum atomic E-state index is 0.282. The summed E-state index contributed by atoms with van der Waals surface area (Å²) in [5.41, 5.74) is 14.5. The molecular formula is C56H41N. The van der Waals surface area contributed by atoms with Crippen LogP contribution in [0.3, 0.4) is 0 Å². The van der Waals surface area contributed by atoms with Gasteiger partial charge in [0, 0.05) is 22.9 Å². The number of hydrogen-bond donors (Lipinski definition) is 0. The van der Waals surface area contributed by atoms with Gasteiger partial charge in [-0.15, -0.1) is 0 Å². The van der Waals surface area contributed by atoms with Crippen LogP contribution in [0.5, 0.6) is 0 Å². The molecule has 9 aromatic rings. The molecule has 57 heavy (non-hydrogen) atoms.